The summed E-state index contributed by atoms with van der Waals surface area (Å²) < 4.78 is 30.3. The standard InChI is InChI=1S/C7H8N2O5S/c8-5-3-4(1-2-6(5)10)7(11)9-15(12,13)14/h1-3,10H,8H2,(H,9,11)(H,12,13,14). The minimum atomic E-state index is -4.60. The van der Waals surface area contributed by atoms with Crippen LogP contribution >= 0.6 is 0 Å². The van der Waals surface area contributed by atoms with Crippen molar-refractivity contribution in [2.24, 2.45) is 0 Å². The quantitative estimate of drug-likeness (QED) is 0.309. The molecule has 0 aliphatic heterocycles. The van der Waals surface area contributed by atoms with Crippen molar-refractivity contribution in [1.82, 2.24) is 4.72 Å². The lowest BCUT2D eigenvalue weighted by molar-refractivity contribution is 0.0979. The van der Waals surface area contributed by atoms with E-state index in [2.05, 4.69) is 0 Å². The van der Waals surface area contributed by atoms with Gasteiger partial charge in [0.1, 0.15) is 5.75 Å². The second-order valence-electron chi connectivity index (χ2n) is 2.68. The molecule has 1 rings (SSSR count). The molecular formula is C7H8N2O5S. The van der Waals surface area contributed by atoms with Gasteiger partial charge in [0.15, 0.2) is 0 Å². The van der Waals surface area contributed by atoms with Gasteiger partial charge in [0.2, 0.25) is 0 Å². The lowest BCUT2D eigenvalue weighted by Crippen LogP contribution is -2.29. The Balaban J connectivity index is 2.98. The van der Waals surface area contributed by atoms with Crippen LogP contribution in [-0.2, 0) is 10.3 Å². The normalized spacial score (nSPS) is 11.0. The Hall–Kier alpha value is -1.80. The van der Waals surface area contributed by atoms with Crippen molar-refractivity contribution < 1.29 is 22.9 Å². The van der Waals surface area contributed by atoms with Crippen LogP contribution in [0, 0.1) is 0 Å². The van der Waals surface area contributed by atoms with Crippen LogP contribution in [0.4, 0.5) is 5.69 Å². The fourth-order valence-electron chi connectivity index (χ4n) is 0.872. The molecular weight excluding hydrogens is 224 g/mol. The highest BCUT2D eigenvalue weighted by atomic mass is 32.2. The number of carbonyl (C=O) groups excluding carboxylic acids is 1. The van der Waals surface area contributed by atoms with Crippen molar-refractivity contribution in [3.05, 3.63) is 23.8 Å². The van der Waals surface area contributed by atoms with E-state index in [0.717, 1.165) is 18.2 Å². The van der Waals surface area contributed by atoms with Crippen LogP contribution in [0.2, 0.25) is 0 Å². The van der Waals surface area contributed by atoms with Crippen LogP contribution in [-0.4, -0.2) is 24.0 Å². The highest BCUT2D eigenvalue weighted by Crippen LogP contribution is 2.20. The lowest BCUT2D eigenvalue weighted by atomic mass is 10.2. The van der Waals surface area contributed by atoms with Gasteiger partial charge in [0.05, 0.1) is 5.69 Å². The van der Waals surface area contributed by atoms with E-state index in [1.54, 1.807) is 0 Å². The van der Waals surface area contributed by atoms with Crippen LogP contribution in [0.5, 0.6) is 5.75 Å². The second-order valence-corrected chi connectivity index (χ2v) is 3.83. The molecule has 0 aliphatic rings. The summed E-state index contributed by atoms with van der Waals surface area (Å²) in [5.41, 5.74) is 5.11. The maximum atomic E-state index is 11.1. The SMILES string of the molecule is Nc1cc(C(=O)NS(=O)(=O)O)ccc1O. The molecule has 1 aromatic rings. The zero-order chi connectivity index (χ0) is 11.6. The summed E-state index contributed by atoms with van der Waals surface area (Å²) in [5, 5.41) is 9.03. The van der Waals surface area contributed by atoms with E-state index in [1.807, 2.05) is 0 Å². The van der Waals surface area contributed by atoms with E-state index >= 15 is 0 Å². The fourth-order valence-corrected chi connectivity index (χ4v) is 1.22. The zero-order valence-corrected chi connectivity index (χ0v) is 8.15. The molecule has 0 aliphatic carbocycles. The van der Waals surface area contributed by atoms with Gasteiger partial charge in [0, 0.05) is 5.56 Å². The smallest absolute Gasteiger partial charge is 0.359 e. The van der Waals surface area contributed by atoms with E-state index in [-0.39, 0.29) is 17.0 Å². The molecule has 8 heteroatoms. The van der Waals surface area contributed by atoms with Crippen molar-refractivity contribution in [2.45, 2.75) is 0 Å². The van der Waals surface area contributed by atoms with Gasteiger partial charge in [0.25, 0.3) is 5.91 Å². The molecule has 5 N–H and O–H groups in total. The summed E-state index contributed by atoms with van der Waals surface area (Å²) >= 11 is 0. The van der Waals surface area contributed by atoms with Crippen molar-refractivity contribution in [3.8, 4) is 5.75 Å². The largest absolute Gasteiger partial charge is 0.506 e. The van der Waals surface area contributed by atoms with Crippen molar-refractivity contribution in [1.29, 1.82) is 0 Å². The third-order valence-corrected chi connectivity index (χ3v) is 1.95. The molecule has 0 saturated carbocycles. The van der Waals surface area contributed by atoms with Gasteiger partial charge in [-0.3, -0.25) is 9.35 Å². The number of carbonyl (C=O) groups is 1. The van der Waals surface area contributed by atoms with Crippen molar-refractivity contribution in [2.75, 3.05) is 5.73 Å². The first-order chi connectivity index (χ1) is 6.79. The molecule has 0 aromatic heterocycles. The van der Waals surface area contributed by atoms with E-state index in [0.29, 0.717) is 0 Å². The minimum absolute atomic E-state index is 0.0713. The number of aromatic hydroxyl groups is 1. The first-order valence-electron chi connectivity index (χ1n) is 3.67. The van der Waals surface area contributed by atoms with Crippen molar-refractivity contribution in [3.63, 3.8) is 0 Å². The Morgan fingerprint density at radius 2 is 2.00 bits per heavy atom. The van der Waals surface area contributed by atoms with Crippen molar-refractivity contribution >= 4 is 21.9 Å². The van der Waals surface area contributed by atoms with Gasteiger partial charge in [-0.05, 0) is 18.2 Å². The molecule has 0 heterocycles. The third-order valence-electron chi connectivity index (χ3n) is 1.51. The van der Waals surface area contributed by atoms with E-state index in [1.165, 1.54) is 4.72 Å². The van der Waals surface area contributed by atoms with Crippen LogP contribution in [0.1, 0.15) is 10.4 Å². The number of phenolic OH excluding ortho intramolecular Hbond substituents is 1. The van der Waals surface area contributed by atoms with Crippen LogP contribution in [0.25, 0.3) is 0 Å². The Morgan fingerprint density at radius 3 is 2.47 bits per heavy atom. The summed E-state index contributed by atoms with van der Waals surface area (Å²) in [6, 6.07) is 3.37. The van der Waals surface area contributed by atoms with Gasteiger partial charge in [-0.1, -0.05) is 0 Å². The monoisotopic (exact) mass is 232 g/mol. The average Bonchev–Trinajstić information content (AvgIpc) is 2.06. The highest BCUT2D eigenvalue weighted by molar-refractivity contribution is 7.84. The Bertz CT molecular complexity index is 496. The number of nitrogens with one attached hydrogen (secondary N) is 1. The average molecular weight is 232 g/mol. The molecule has 0 bridgehead atoms. The van der Waals surface area contributed by atoms with Gasteiger partial charge < -0.3 is 10.8 Å². The number of rotatable bonds is 2. The molecule has 0 saturated heterocycles. The number of nitrogen functional groups attached to an aromatic ring is 1. The number of nitrogens with two attached hydrogens (primary N) is 1. The minimum Gasteiger partial charge on any atom is -0.506 e. The van der Waals surface area contributed by atoms with Crippen LogP contribution in [0.3, 0.4) is 0 Å². The van der Waals surface area contributed by atoms with E-state index in [4.69, 9.17) is 15.4 Å². The molecule has 0 fully saturated rings. The zero-order valence-electron chi connectivity index (χ0n) is 7.34. The number of phenols is 1. The molecule has 0 unspecified atom stereocenters. The van der Waals surface area contributed by atoms with Gasteiger partial charge >= 0.3 is 10.3 Å². The molecule has 0 radical (unpaired) electrons. The fraction of sp³-hybridized carbons (Fsp3) is 0. The molecule has 1 amide bonds. The predicted molar refractivity (Wildman–Crippen MR) is 51.5 cm³/mol. The molecule has 0 atom stereocenters. The lowest BCUT2D eigenvalue weighted by Gasteiger charge is -2.03. The Kier molecular flexibility index (Phi) is 2.82. The first kappa shape index (κ1) is 11.3. The first-order valence-corrected chi connectivity index (χ1v) is 5.11. The van der Waals surface area contributed by atoms with E-state index < -0.39 is 16.2 Å². The van der Waals surface area contributed by atoms with Gasteiger partial charge in [-0.2, -0.15) is 8.42 Å². The highest BCUT2D eigenvalue weighted by Gasteiger charge is 2.13. The molecule has 15 heavy (non-hydrogen) atoms. The second kappa shape index (κ2) is 3.75. The predicted octanol–water partition coefficient (Wildman–Crippen LogP) is -0.493. The van der Waals surface area contributed by atoms with Crippen LogP contribution in [0.15, 0.2) is 18.2 Å². The molecule has 7 nitrogen and oxygen atoms in total. The van der Waals surface area contributed by atoms with E-state index in [9.17, 15) is 13.2 Å². The topological polar surface area (TPSA) is 130 Å². The maximum Gasteiger partial charge on any atom is 0.359 e. The summed E-state index contributed by atoms with van der Waals surface area (Å²) in [4.78, 5) is 11.1. The number of hydrogen-bond acceptors (Lipinski definition) is 5. The summed E-state index contributed by atoms with van der Waals surface area (Å²) in [6.07, 6.45) is 0. The Labute approximate surface area is 85.4 Å². The molecule has 0 spiro atoms. The number of amides is 1. The molecule has 1 aromatic carbocycles. The summed E-state index contributed by atoms with van der Waals surface area (Å²) in [7, 11) is -4.60. The molecule has 82 valence electrons. The number of benzene rings is 1. The maximum absolute atomic E-state index is 11.1. The van der Waals surface area contributed by atoms with Gasteiger partial charge in [-0.15, -0.1) is 0 Å². The van der Waals surface area contributed by atoms with Gasteiger partial charge in [-0.25, -0.2) is 4.72 Å². The summed E-state index contributed by atoms with van der Waals surface area (Å²) in [5.74, 6) is -1.26. The number of hydrogen-bond donors (Lipinski definition) is 4. The third kappa shape index (κ3) is 3.11. The van der Waals surface area contributed by atoms with Crippen LogP contribution < -0.4 is 10.5 Å². The summed E-state index contributed by atoms with van der Waals surface area (Å²) in [6.45, 7) is 0. The number of anilines is 1. The Morgan fingerprint density at radius 1 is 1.40 bits per heavy atom.